The van der Waals surface area contributed by atoms with Gasteiger partial charge < -0.3 is 24.8 Å². The predicted molar refractivity (Wildman–Crippen MR) is 180 cm³/mol. The van der Waals surface area contributed by atoms with Crippen LogP contribution in [0.2, 0.25) is 0 Å². The van der Waals surface area contributed by atoms with Crippen LogP contribution in [0.3, 0.4) is 0 Å². The zero-order valence-electron chi connectivity index (χ0n) is 26.8. The molecule has 4 aromatic carbocycles. The van der Waals surface area contributed by atoms with Crippen molar-refractivity contribution in [2.24, 2.45) is 5.92 Å². The van der Waals surface area contributed by atoms with Gasteiger partial charge in [0.1, 0.15) is 17.5 Å². The Hall–Kier alpha value is -5.32. The number of carbonyl (C=O) groups excluding carboxylic acids is 2. The number of rotatable bonds is 10. The number of aliphatic hydroxyl groups excluding tert-OH is 1. The van der Waals surface area contributed by atoms with Crippen molar-refractivity contribution >= 4 is 23.2 Å². The van der Waals surface area contributed by atoms with E-state index in [9.17, 15) is 14.7 Å². The lowest BCUT2D eigenvalue weighted by molar-refractivity contribution is -0.146. The van der Waals surface area contributed by atoms with Crippen LogP contribution in [0, 0.1) is 5.92 Å². The number of carbonyl (C=O) groups is 2. The van der Waals surface area contributed by atoms with E-state index in [1.165, 1.54) is 0 Å². The van der Waals surface area contributed by atoms with E-state index in [0.29, 0.717) is 42.2 Å². The molecule has 3 heterocycles. The SMILES string of the molecule is COc1ccc(C(=O)Nc2cccc(CN3C(=O)[C@]4(O[C@H](CCn5cc([C@H](O)c6ccccc6)nn5)C[C@@H]4C)c4ccccc43)c2)cc1. The smallest absolute Gasteiger partial charge is 0.264 e. The van der Waals surface area contributed by atoms with Crippen molar-refractivity contribution in [3.63, 3.8) is 0 Å². The highest BCUT2D eigenvalue weighted by Gasteiger charge is 2.59. The quantitative estimate of drug-likeness (QED) is 0.195. The van der Waals surface area contributed by atoms with Crippen LogP contribution in [-0.4, -0.2) is 45.1 Å². The minimum Gasteiger partial charge on any atom is -0.497 e. The number of nitrogens with one attached hydrogen (secondary N) is 1. The molecule has 2 N–H and O–H groups in total. The number of anilines is 2. The lowest BCUT2D eigenvalue weighted by Crippen LogP contribution is -2.43. The molecular weight excluding hydrogens is 606 g/mol. The lowest BCUT2D eigenvalue weighted by Gasteiger charge is -2.28. The van der Waals surface area contributed by atoms with E-state index in [-0.39, 0.29) is 23.8 Å². The Balaban J connectivity index is 1.04. The number of hydrogen-bond donors (Lipinski definition) is 2. The summed E-state index contributed by atoms with van der Waals surface area (Å²) in [7, 11) is 1.58. The van der Waals surface area contributed by atoms with E-state index in [0.717, 1.165) is 28.8 Å². The molecule has 1 aromatic heterocycles. The Labute approximate surface area is 278 Å². The lowest BCUT2D eigenvalue weighted by atomic mass is 9.83. The topological polar surface area (TPSA) is 119 Å². The highest BCUT2D eigenvalue weighted by Crippen LogP contribution is 2.53. The normalized spacial score (nSPS) is 20.6. The van der Waals surface area contributed by atoms with Gasteiger partial charge in [-0.25, -0.2) is 0 Å². The first-order chi connectivity index (χ1) is 23.4. The van der Waals surface area contributed by atoms with Crippen molar-refractivity contribution in [3.8, 4) is 5.75 Å². The molecule has 0 bridgehead atoms. The van der Waals surface area contributed by atoms with Crippen LogP contribution in [0.5, 0.6) is 5.75 Å². The van der Waals surface area contributed by atoms with E-state index in [1.54, 1.807) is 47.2 Å². The number of aromatic nitrogens is 3. The zero-order chi connectivity index (χ0) is 33.3. The minimum atomic E-state index is -1.08. The molecule has 4 atom stereocenters. The van der Waals surface area contributed by atoms with Crippen LogP contribution in [-0.2, 0) is 28.2 Å². The second kappa shape index (κ2) is 13.1. The highest BCUT2D eigenvalue weighted by molar-refractivity contribution is 6.07. The molecule has 244 valence electrons. The summed E-state index contributed by atoms with van der Waals surface area (Å²) in [4.78, 5) is 29.1. The van der Waals surface area contributed by atoms with E-state index >= 15 is 0 Å². The summed E-state index contributed by atoms with van der Waals surface area (Å²) in [5.41, 5.74) is 3.90. The fraction of sp³-hybridized carbons (Fsp3) is 0.263. The first-order valence-corrected chi connectivity index (χ1v) is 16.1. The molecule has 10 nitrogen and oxygen atoms in total. The third-order valence-electron chi connectivity index (χ3n) is 9.33. The Bertz CT molecular complexity index is 1930. The van der Waals surface area contributed by atoms with Gasteiger partial charge in [0.2, 0.25) is 0 Å². The highest BCUT2D eigenvalue weighted by atomic mass is 16.5. The van der Waals surface area contributed by atoms with E-state index < -0.39 is 11.7 Å². The first-order valence-electron chi connectivity index (χ1n) is 16.1. The monoisotopic (exact) mass is 643 g/mol. The molecule has 7 rings (SSSR count). The van der Waals surface area contributed by atoms with Gasteiger partial charge in [-0.1, -0.05) is 72.8 Å². The predicted octanol–water partition coefficient (Wildman–Crippen LogP) is 5.88. The Morgan fingerprint density at radius 2 is 1.81 bits per heavy atom. The summed E-state index contributed by atoms with van der Waals surface area (Å²) in [5.74, 6) is 0.311. The Morgan fingerprint density at radius 3 is 2.60 bits per heavy atom. The second-order valence-electron chi connectivity index (χ2n) is 12.4. The third kappa shape index (κ3) is 5.85. The van der Waals surface area contributed by atoms with E-state index in [4.69, 9.17) is 9.47 Å². The minimum absolute atomic E-state index is 0.0533. The molecule has 5 aromatic rings. The van der Waals surface area contributed by atoms with Gasteiger partial charge in [-0.3, -0.25) is 14.3 Å². The number of amides is 2. The molecule has 2 aliphatic heterocycles. The van der Waals surface area contributed by atoms with E-state index in [1.807, 2.05) is 78.9 Å². The average molecular weight is 644 g/mol. The second-order valence-corrected chi connectivity index (χ2v) is 12.4. The van der Waals surface area contributed by atoms with Crippen molar-refractivity contribution in [1.29, 1.82) is 0 Å². The van der Waals surface area contributed by atoms with Gasteiger partial charge in [0.15, 0.2) is 5.60 Å². The molecule has 2 amide bonds. The zero-order valence-corrected chi connectivity index (χ0v) is 26.8. The first kappa shape index (κ1) is 31.3. The molecule has 1 fully saturated rings. The Kier molecular flexibility index (Phi) is 8.51. The fourth-order valence-electron chi connectivity index (χ4n) is 6.87. The standard InChI is InChI=1S/C38H37N5O5/c1-25-21-31(19-20-42-24-33(40-41-42)35(44)27-10-4-3-5-11-27)48-38(25)32-13-6-7-14-34(32)43(37(38)46)23-26-9-8-12-29(22-26)39-36(45)28-15-17-30(47-2)18-16-28/h3-18,22,24-25,31,35,44H,19-21,23H2,1-2H3,(H,39,45)/t25-,31+,35+,38+/m0/s1. The summed E-state index contributed by atoms with van der Waals surface area (Å²) in [6.45, 7) is 2.95. The fourth-order valence-corrected chi connectivity index (χ4v) is 6.87. The van der Waals surface area contributed by atoms with Gasteiger partial charge in [0.05, 0.1) is 31.6 Å². The number of benzene rings is 4. The van der Waals surface area contributed by atoms with Crippen molar-refractivity contribution in [1.82, 2.24) is 15.0 Å². The summed E-state index contributed by atoms with van der Waals surface area (Å²) >= 11 is 0. The van der Waals surface area contributed by atoms with Crippen molar-refractivity contribution in [2.45, 2.75) is 50.7 Å². The number of para-hydroxylation sites is 1. The molecule has 2 aliphatic rings. The number of fused-ring (bicyclic) bond motifs is 2. The molecule has 0 saturated carbocycles. The molecule has 10 heteroatoms. The van der Waals surface area contributed by atoms with Crippen LogP contribution in [0.1, 0.15) is 58.6 Å². The van der Waals surface area contributed by atoms with Crippen molar-refractivity contribution < 1.29 is 24.2 Å². The van der Waals surface area contributed by atoms with Crippen LogP contribution in [0.25, 0.3) is 0 Å². The van der Waals surface area contributed by atoms with Gasteiger partial charge in [-0.05, 0) is 66.4 Å². The molecule has 0 unspecified atom stereocenters. The molecule has 48 heavy (non-hydrogen) atoms. The number of ether oxygens (including phenoxy) is 2. The van der Waals surface area contributed by atoms with Gasteiger partial charge in [-0.2, -0.15) is 0 Å². The largest absolute Gasteiger partial charge is 0.497 e. The summed E-state index contributed by atoms with van der Waals surface area (Å²) < 4.78 is 13.7. The van der Waals surface area contributed by atoms with Crippen LogP contribution in [0.4, 0.5) is 11.4 Å². The maximum absolute atomic E-state index is 14.4. The maximum atomic E-state index is 14.4. The summed E-state index contributed by atoms with van der Waals surface area (Å²) in [6.07, 6.45) is 2.10. The number of hydrogen-bond acceptors (Lipinski definition) is 7. The molecule has 0 aliphatic carbocycles. The van der Waals surface area contributed by atoms with Crippen molar-refractivity contribution in [3.05, 3.63) is 137 Å². The third-order valence-corrected chi connectivity index (χ3v) is 9.33. The average Bonchev–Trinajstić information content (AvgIpc) is 3.80. The summed E-state index contributed by atoms with van der Waals surface area (Å²) in [5, 5.41) is 22.1. The van der Waals surface area contributed by atoms with Gasteiger partial charge in [0, 0.05) is 29.3 Å². The van der Waals surface area contributed by atoms with Gasteiger partial charge in [-0.15, -0.1) is 5.10 Å². The number of methoxy groups -OCH3 is 1. The number of aryl methyl sites for hydroxylation is 1. The van der Waals surface area contributed by atoms with Gasteiger partial charge in [0.25, 0.3) is 11.8 Å². The molecule has 1 saturated heterocycles. The molecular formula is C38H37N5O5. The summed E-state index contributed by atoms with van der Waals surface area (Å²) in [6, 6.07) is 31.7. The number of nitrogens with zero attached hydrogens (tertiary/aromatic N) is 4. The molecule has 0 radical (unpaired) electrons. The Morgan fingerprint density at radius 1 is 1.04 bits per heavy atom. The van der Waals surface area contributed by atoms with Gasteiger partial charge >= 0.3 is 0 Å². The maximum Gasteiger partial charge on any atom is 0.264 e. The van der Waals surface area contributed by atoms with Crippen LogP contribution < -0.4 is 15.0 Å². The number of aliphatic hydroxyl groups is 1. The van der Waals surface area contributed by atoms with E-state index in [2.05, 4.69) is 22.6 Å². The van der Waals surface area contributed by atoms with Crippen molar-refractivity contribution in [2.75, 3.05) is 17.3 Å². The van der Waals surface area contributed by atoms with Crippen LogP contribution in [0.15, 0.2) is 109 Å². The van der Waals surface area contributed by atoms with Crippen LogP contribution >= 0.6 is 0 Å². The molecule has 1 spiro atoms.